The Morgan fingerprint density at radius 1 is 1.35 bits per heavy atom. The maximum absolute atomic E-state index is 12.6. The molecule has 0 radical (unpaired) electrons. The SMILES string of the molecule is CC(Cl)c1nc2ccccc2c(=O)n1C(C)CS(C)=O. The summed E-state index contributed by atoms with van der Waals surface area (Å²) in [7, 11) is -0.990. The standard InChI is InChI=1S/C14H17ClN2O2S/c1-9(8-20(3)19)17-13(10(2)15)16-12-7-5-4-6-11(12)14(17)18/h4-7,9-10H,8H2,1-3H3. The van der Waals surface area contributed by atoms with Crippen LogP contribution in [0.15, 0.2) is 29.1 Å². The van der Waals surface area contributed by atoms with Crippen LogP contribution in [0.1, 0.15) is 31.1 Å². The van der Waals surface area contributed by atoms with Crippen molar-refractivity contribution in [3.05, 3.63) is 40.4 Å². The number of hydrogen-bond donors (Lipinski definition) is 0. The van der Waals surface area contributed by atoms with Crippen molar-refractivity contribution in [1.82, 2.24) is 9.55 Å². The normalized spacial score (nSPS) is 16.0. The van der Waals surface area contributed by atoms with Crippen LogP contribution in [0.4, 0.5) is 0 Å². The summed E-state index contributed by atoms with van der Waals surface area (Å²) in [5.74, 6) is 0.921. The van der Waals surface area contributed by atoms with Gasteiger partial charge < -0.3 is 0 Å². The minimum atomic E-state index is -0.990. The van der Waals surface area contributed by atoms with Gasteiger partial charge in [0.15, 0.2) is 0 Å². The quantitative estimate of drug-likeness (QED) is 0.816. The maximum Gasteiger partial charge on any atom is 0.261 e. The summed E-state index contributed by atoms with van der Waals surface area (Å²) in [5, 5.41) is 0.169. The molecule has 0 saturated carbocycles. The van der Waals surface area contributed by atoms with Gasteiger partial charge in [-0.1, -0.05) is 12.1 Å². The van der Waals surface area contributed by atoms with Crippen molar-refractivity contribution in [3.8, 4) is 0 Å². The zero-order chi connectivity index (χ0) is 14.9. The van der Waals surface area contributed by atoms with Crippen LogP contribution in [0.2, 0.25) is 0 Å². The predicted molar refractivity (Wildman–Crippen MR) is 83.9 cm³/mol. The average molecular weight is 313 g/mol. The first-order valence-electron chi connectivity index (χ1n) is 6.37. The molecule has 0 aliphatic heterocycles. The van der Waals surface area contributed by atoms with Gasteiger partial charge in [0, 0.05) is 28.9 Å². The summed E-state index contributed by atoms with van der Waals surface area (Å²) in [4.78, 5) is 17.1. The minimum Gasteiger partial charge on any atom is -0.291 e. The van der Waals surface area contributed by atoms with Crippen LogP contribution in [-0.2, 0) is 10.8 Å². The highest BCUT2D eigenvalue weighted by atomic mass is 35.5. The van der Waals surface area contributed by atoms with Crippen LogP contribution in [0.25, 0.3) is 10.9 Å². The monoisotopic (exact) mass is 312 g/mol. The molecule has 1 aromatic heterocycles. The Morgan fingerprint density at radius 3 is 2.60 bits per heavy atom. The molecule has 4 nitrogen and oxygen atoms in total. The van der Waals surface area contributed by atoms with E-state index in [2.05, 4.69) is 4.98 Å². The fourth-order valence-electron chi connectivity index (χ4n) is 2.28. The summed E-state index contributed by atoms with van der Waals surface area (Å²) in [6.45, 7) is 3.65. The molecule has 3 atom stereocenters. The smallest absolute Gasteiger partial charge is 0.261 e. The molecule has 0 fully saturated rings. The molecule has 0 bridgehead atoms. The second-order valence-corrected chi connectivity index (χ2v) is 7.00. The summed E-state index contributed by atoms with van der Waals surface area (Å²) >= 11 is 6.16. The Balaban J connectivity index is 2.73. The average Bonchev–Trinajstić information content (AvgIpc) is 2.37. The molecule has 6 heteroatoms. The van der Waals surface area contributed by atoms with E-state index < -0.39 is 10.8 Å². The fourth-order valence-corrected chi connectivity index (χ4v) is 3.27. The van der Waals surface area contributed by atoms with E-state index in [1.54, 1.807) is 29.9 Å². The molecule has 1 heterocycles. The van der Waals surface area contributed by atoms with E-state index in [0.29, 0.717) is 22.5 Å². The first-order valence-corrected chi connectivity index (χ1v) is 8.53. The lowest BCUT2D eigenvalue weighted by Crippen LogP contribution is -2.30. The largest absolute Gasteiger partial charge is 0.291 e. The van der Waals surface area contributed by atoms with Crippen molar-refractivity contribution in [3.63, 3.8) is 0 Å². The van der Waals surface area contributed by atoms with E-state index in [9.17, 15) is 9.00 Å². The summed E-state index contributed by atoms with van der Waals surface area (Å²) in [6, 6.07) is 6.99. The molecule has 0 aliphatic rings. The number of hydrogen-bond acceptors (Lipinski definition) is 3. The number of rotatable bonds is 4. The van der Waals surface area contributed by atoms with Gasteiger partial charge in [-0.15, -0.1) is 11.6 Å². The third kappa shape index (κ3) is 2.94. The zero-order valence-electron chi connectivity index (χ0n) is 11.7. The minimum absolute atomic E-state index is 0.129. The lowest BCUT2D eigenvalue weighted by Gasteiger charge is -2.20. The second-order valence-electron chi connectivity index (χ2n) is 4.87. The molecule has 2 aromatic rings. The lowest BCUT2D eigenvalue weighted by molar-refractivity contribution is 0.541. The van der Waals surface area contributed by atoms with Crippen molar-refractivity contribution in [2.75, 3.05) is 12.0 Å². The number of alkyl halides is 1. The number of benzene rings is 1. The predicted octanol–water partition coefficient (Wildman–Crippen LogP) is 2.64. The van der Waals surface area contributed by atoms with Gasteiger partial charge in [-0.2, -0.15) is 0 Å². The molecule has 0 amide bonds. The highest BCUT2D eigenvalue weighted by Crippen LogP contribution is 2.21. The van der Waals surface area contributed by atoms with Crippen molar-refractivity contribution < 1.29 is 4.21 Å². The van der Waals surface area contributed by atoms with Gasteiger partial charge in [0.25, 0.3) is 5.56 Å². The van der Waals surface area contributed by atoms with Gasteiger partial charge in [-0.3, -0.25) is 13.6 Å². The third-order valence-corrected chi connectivity index (χ3v) is 4.25. The zero-order valence-corrected chi connectivity index (χ0v) is 13.2. The van der Waals surface area contributed by atoms with E-state index in [4.69, 9.17) is 11.6 Å². The Kier molecular flexibility index (Phi) is 4.60. The van der Waals surface area contributed by atoms with Crippen molar-refractivity contribution in [2.24, 2.45) is 0 Å². The third-order valence-electron chi connectivity index (χ3n) is 3.11. The first kappa shape index (κ1) is 15.2. The van der Waals surface area contributed by atoms with Gasteiger partial charge in [0.2, 0.25) is 0 Å². The number of nitrogens with zero attached hydrogens (tertiary/aromatic N) is 2. The van der Waals surface area contributed by atoms with Gasteiger partial charge in [0.1, 0.15) is 5.82 Å². The van der Waals surface area contributed by atoms with Crippen LogP contribution in [-0.4, -0.2) is 25.8 Å². The lowest BCUT2D eigenvalue weighted by atomic mass is 10.2. The summed E-state index contributed by atoms with van der Waals surface area (Å²) < 4.78 is 13.0. The summed E-state index contributed by atoms with van der Waals surface area (Å²) in [6.07, 6.45) is 1.62. The Morgan fingerprint density at radius 2 is 2.00 bits per heavy atom. The molecular formula is C14H17ClN2O2S. The van der Waals surface area contributed by atoms with Crippen molar-refractivity contribution in [2.45, 2.75) is 25.3 Å². The van der Waals surface area contributed by atoms with Crippen LogP contribution in [0.3, 0.4) is 0 Å². The van der Waals surface area contributed by atoms with Gasteiger partial charge >= 0.3 is 0 Å². The van der Waals surface area contributed by atoms with E-state index in [1.807, 2.05) is 19.1 Å². The van der Waals surface area contributed by atoms with Crippen molar-refractivity contribution in [1.29, 1.82) is 0 Å². The highest BCUT2D eigenvalue weighted by Gasteiger charge is 2.19. The van der Waals surface area contributed by atoms with E-state index >= 15 is 0 Å². The molecule has 0 N–H and O–H groups in total. The second kappa shape index (κ2) is 6.06. The highest BCUT2D eigenvalue weighted by molar-refractivity contribution is 7.84. The first-order chi connectivity index (χ1) is 9.41. The van der Waals surface area contributed by atoms with E-state index in [0.717, 1.165) is 0 Å². The molecule has 20 heavy (non-hydrogen) atoms. The molecule has 108 valence electrons. The van der Waals surface area contributed by atoms with Gasteiger partial charge in [-0.25, -0.2) is 4.98 Å². The topological polar surface area (TPSA) is 52.0 Å². The molecule has 1 aromatic carbocycles. The Labute approximate surface area is 125 Å². The molecular weight excluding hydrogens is 296 g/mol. The number of aromatic nitrogens is 2. The fraction of sp³-hybridized carbons (Fsp3) is 0.429. The van der Waals surface area contributed by atoms with Crippen LogP contribution >= 0.6 is 11.6 Å². The molecule has 0 spiro atoms. The van der Waals surface area contributed by atoms with Crippen LogP contribution in [0, 0.1) is 0 Å². The summed E-state index contributed by atoms with van der Waals surface area (Å²) in [5.41, 5.74) is 0.511. The molecule has 0 aliphatic carbocycles. The van der Waals surface area contributed by atoms with Crippen LogP contribution < -0.4 is 5.56 Å². The van der Waals surface area contributed by atoms with E-state index in [1.165, 1.54) is 0 Å². The molecule has 0 saturated heterocycles. The van der Waals surface area contributed by atoms with E-state index in [-0.39, 0.29) is 17.0 Å². The van der Waals surface area contributed by atoms with Crippen molar-refractivity contribution >= 4 is 33.3 Å². The molecule has 2 rings (SSSR count). The Hall–Kier alpha value is -1.20. The van der Waals surface area contributed by atoms with Crippen LogP contribution in [0.5, 0.6) is 0 Å². The molecule has 3 unspecified atom stereocenters. The number of para-hydroxylation sites is 1. The number of fused-ring (bicyclic) bond motifs is 1. The maximum atomic E-state index is 12.6. The Bertz CT molecular complexity index is 712. The van der Waals surface area contributed by atoms with Gasteiger partial charge in [0.05, 0.1) is 16.3 Å². The van der Waals surface area contributed by atoms with Gasteiger partial charge in [-0.05, 0) is 26.0 Å². The number of halogens is 1.